The summed E-state index contributed by atoms with van der Waals surface area (Å²) in [7, 11) is 0. The Hall–Kier alpha value is -1.81. The standard InChI is InChI=1S/C17H25NO3/c1-3-13-21-16-9-6-15(7-10-16)8-11-17(19)18-12-5-14-20-4-2/h6-11H,3-5,12-14H2,1-2H3,(H,18,19)/b11-8+. The van der Waals surface area contributed by atoms with E-state index in [9.17, 15) is 4.79 Å². The molecule has 0 spiro atoms. The van der Waals surface area contributed by atoms with Crippen molar-refractivity contribution in [1.29, 1.82) is 0 Å². The van der Waals surface area contributed by atoms with Crippen molar-refractivity contribution in [3.63, 3.8) is 0 Å². The molecule has 1 rings (SSSR count). The van der Waals surface area contributed by atoms with E-state index < -0.39 is 0 Å². The Kier molecular flexibility index (Phi) is 8.96. The number of hydrogen-bond donors (Lipinski definition) is 1. The molecule has 0 fully saturated rings. The summed E-state index contributed by atoms with van der Waals surface area (Å²) in [5.74, 6) is 0.771. The lowest BCUT2D eigenvalue weighted by molar-refractivity contribution is -0.116. The van der Waals surface area contributed by atoms with Gasteiger partial charge in [-0.1, -0.05) is 19.1 Å². The van der Waals surface area contributed by atoms with Gasteiger partial charge in [0.05, 0.1) is 6.61 Å². The number of amides is 1. The Labute approximate surface area is 127 Å². The molecule has 4 nitrogen and oxygen atoms in total. The molecule has 0 bridgehead atoms. The fourth-order valence-electron chi connectivity index (χ4n) is 1.66. The largest absolute Gasteiger partial charge is 0.494 e. The molecule has 0 radical (unpaired) electrons. The maximum atomic E-state index is 11.6. The van der Waals surface area contributed by atoms with Crippen LogP contribution in [0.2, 0.25) is 0 Å². The molecule has 1 amide bonds. The number of carbonyl (C=O) groups is 1. The van der Waals surface area contributed by atoms with Crippen LogP contribution in [0, 0.1) is 0 Å². The van der Waals surface area contributed by atoms with E-state index in [2.05, 4.69) is 12.2 Å². The van der Waals surface area contributed by atoms with E-state index in [0.29, 0.717) is 19.8 Å². The summed E-state index contributed by atoms with van der Waals surface area (Å²) >= 11 is 0. The Morgan fingerprint density at radius 2 is 1.95 bits per heavy atom. The molecule has 0 saturated carbocycles. The molecule has 1 aromatic carbocycles. The molecule has 0 aliphatic heterocycles. The minimum atomic E-state index is -0.0854. The van der Waals surface area contributed by atoms with Gasteiger partial charge in [0.2, 0.25) is 5.91 Å². The van der Waals surface area contributed by atoms with Gasteiger partial charge in [-0.15, -0.1) is 0 Å². The zero-order valence-corrected chi connectivity index (χ0v) is 12.9. The van der Waals surface area contributed by atoms with Gasteiger partial charge in [0, 0.05) is 25.8 Å². The normalized spacial score (nSPS) is 10.8. The van der Waals surface area contributed by atoms with E-state index in [0.717, 1.165) is 30.8 Å². The minimum Gasteiger partial charge on any atom is -0.494 e. The number of hydrogen-bond acceptors (Lipinski definition) is 3. The molecule has 4 heteroatoms. The van der Waals surface area contributed by atoms with Crippen molar-refractivity contribution in [2.75, 3.05) is 26.4 Å². The molecule has 0 aromatic heterocycles. The Morgan fingerprint density at radius 3 is 2.62 bits per heavy atom. The second kappa shape index (κ2) is 10.9. The molecular formula is C17H25NO3. The average molecular weight is 291 g/mol. The third-order valence-electron chi connectivity index (χ3n) is 2.75. The van der Waals surface area contributed by atoms with E-state index in [-0.39, 0.29) is 5.91 Å². The predicted octanol–water partition coefficient (Wildman–Crippen LogP) is 3.03. The fraction of sp³-hybridized carbons (Fsp3) is 0.471. The van der Waals surface area contributed by atoms with E-state index in [1.165, 1.54) is 0 Å². The molecule has 0 aliphatic rings. The van der Waals surface area contributed by atoms with Crippen LogP contribution in [-0.2, 0) is 9.53 Å². The summed E-state index contributed by atoms with van der Waals surface area (Å²) in [5.41, 5.74) is 0.975. The summed E-state index contributed by atoms with van der Waals surface area (Å²) in [6.07, 6.45) is 5.16. The summed E-state index contributed by atoms with van der Waals surface area (Å²) in [4.78, 5) is 11.6. The first-order valence-electron chi connectivity index (χ1n) is 7.52. The average Bonchev–Trinajstić information content (AvgIpc) is 2.51. The zero-order chi connectivity index (χ0) is 15.3. The Balaban J connectivity index is 2.29. The maximum absolute atomic E-state index is 11.6. The third kappa shape index (κ3) is 8.15. The summed E-state index contributed by atoms with van der Waals surface area (Å²) in [5, 5.41) is 2.82. The SMILES string of the molecule is CCCOc1ccc(/C=C/C(=O)NCCCOCC)cc1. The van der Waals surface area contributed by atoms with Gasteiger partial charge in [0.15, 0.2) is 0 Å². The van der Waals surface area contributed by atoms with Crippen molar-refractivity contribution >= 4 is 12.0 Å². The van der Waals surface area contributed by atoms with Crippen molar-refractivity contribution in [3.05, 3.63) is 35.9 Å². The van der Waals surface area contributed by atoms with Crippen molar-refractivity contribution in [1.82, 2.24) is 5.32 Å². The monoisotopic (exact) mass is 291 g/mol. The highest BCUT2D eigenvalue weighted by Crippen LogP contribution is 2.13. The smallest absolute Gasteiger partial charge is 0.244 e. The van der Waals surface area contributed by atoms with Crippen LogP contribution in [0.4, 0.5) is 0 Å². The summed E-state index contributed by atoms with van der Waals surface area (Å²) < 4.78 is 10.7. The van der Waals surface area contributed by atoms with Gasteiger partial charge in [-0.25, -0.2) is 0 Å². The lowest BCUT2D eigenvalue weighted by Gasteiger charge is -2.04. The van der Waals surface area contributed by atoms with Gasteiger partial charge >= 0.3 is 0 Å². The quantitative estimate of drug-likeness (QED) is 0.532. The topological polar surface area (TPSA) is 47.6 Å². The molecule has 0 unspecified atom stereocenters. The van der Waals surface area contributed by atoms with Crippen molar-refractivity contribution in [3.8, 4) is 5.75 Å². The van der Waals surface area contributed by atoms with Crippen molar-refractivity contribution in [2.45, 2.75) is 26.7 Å². The Morgan fingerprint density at radius 1 is 1.19 bits per heavy atom. The first kappa shape index (κ1) is 17.2. The number of nitrogens with one attached hydrogen (secondary N) is 1. The molecule has 21 heavy (non-hydrogen) atoms. The molecule has 0 aliphatic carbocycles. The summed E-state index contributed by atoms with van der Waals surface area (Å²) in [6, 6.07) is 7.69. The lowest BCUT2D eigenvalue weighted by Crippen LogP contribution is -2.23. The van der Waals surface area contributed by atoms with Crippen LogP contribution in [-0.4, -0.2) is 32.3 Å². The molecule has 0 atom stereocenters. The second-order valence-electron chi connectivity index (χ2n) is 4.59. The van der Waals surface area contributed by atoms with E-state index in [1.807, 2.05) is 31.2 Å². The highest BCUT2D eigenvalue weighted by molar-refractivity contribution is 5.91. The van der Waals surface area contributed by atoms with Gasteiger partial charge in [-0.05, 0) is 43.5 Å². The molecule has 0 saturated heterocycles. The van der Waals surface area contributed by atoms with Crippen LogP contribution in [0.1, 0.15) is 32.3 Å². The molecule has 0 heterocycles. The van der Waals surface area contributed by atoms with Crippen LogP contribution in [0.3, 0.4) is 0 Å². The van der Waals surface area contributed by atoms with Crippen molar-refractivity contribution in [2.24, 2.45) is 0 Å². The highest BCUT2D eigenvalue weighted by atomic mass is 16.5. The number of benzene rings is 1. The molecular weight excluding hydrogens is 266 g/mol. The predicted molar refractivity (Wildman–Crippen MR) is 85.4 cm³/mol. The molecule has 1 aromatic rings. The van der Waals surface area contributed by atoms with E-state index in [4.69, 9.17) is 9.47 Å². The number of rotatable bonds is 10. The van der Waals surface area contributed by atoms with Gasteiger partial charge in [0.1, 0.15) is 5.75 Å². The second-order valence-corrected chi connectivity index (χ2v) is 4.59. The van der Waals surface area contributed by atoms with E-state index in [1.54, 1.807) is 12.2 Å². The maximum Gasteiger partial charge on any atom is 0.244 e. The third-order valence-corrected chi connectivity index (χ3v) is 2.75. The molecule has 116 valence electrons. The lowest BCUT2D eigenvalue weighted by atomic mass is 10.2. The Bertz CT molecular complexity index is 426. The van der Waals surface area contributed by atoms with Crippen LogP contribution in [0.15, 0.2) is 30.3 Å². The van der Waals surface area contributed by atoms with Crippen LogP contribution >= 0.6 is 0 Å². The molecule has 1 N–H and O–H groups in total. The van der Waals surface area contributed by atoms with Gasteiger partial charge in [-0.3, -0.25) is 4.79 Å². The van der Waals surface area contributed by atoms with Gasteiger partial charge < -0.3 is 14.8 Å². The van der Waals surface area contributed by atoms with E-state index >= 15 is 0 Å². The number of carbonyl (C=O) groups excluding carboxylic acids is 1. The highest BCUT2D eigenvalue weighted by Gasteiger charge is 1.96. The summed E-state index contributed by atoms with van der Waals surface area (Å²) in [6.45, 7) is 6.78. The van der Waals surface area contributed by atoms with Crippen molar-refractivity contribution < 1.29 is 14.3 Å². The van der Waals surface area contributed by atoms with Crippen LogP contribution in [0.5, 0.6) is 5.75 Å². The van der Waals surface area contributed by atoms with Crippen LogP contribution < -0.4 is 10.1 Å². The minimum absolute atomic E-state index is 0.0854. The first-order valence-corrected chi connectivity index (χ1v) is 7.52. The van der Waals surface area contributed by atoms with Gasteiger partial charge in [-0.2, -0.15) is 0 Å². The number of ether oxygens (including phenoxy) is 2. The first-order chi connectivity index (χ1) is 10.3. The fourth-order valence-corrected chi connectivity index (χ4v) is 1.66. The van der Waals surface area contributed by atoms with Crippen LogP contribution in [0.25, 0.3) is 6.08 Å². The zero-order valence-electron chi connectivity index (χ0n) is 12.9. The van der Waals surface area contributed by atoms with Gasteiger partial charge in [0.25, 0.3) is 0 Å².